The summed E-state index contributed by atoms with van der Waals surface area (Å²) in [6, 6.07) is 12.8. The minimum Gasteiger partial charge on any atom is -0.488 e. The summed E-state index contributed by atoms with van der Waals surface area (Å²) in [5.41, 5.74) is 1.73. The first-order valence-electron chi connectivity index (χ1n) is 10.5. The normalized spacial score (nSPS) is 18.3. The monoisotopic (exact) mass is 469 g/mol. The Kier molecular flexibility index (Phi) is 5.15. The summed E-state index contributed by atoms with van der Waals surface area (Å²) in [5, 5.41) is 10.3. The Morgan fingerprint density at radius 2 is 2.06 bits per heavy atom. The maximum absolute atomic E-state index is 12.8. The van der Waals surface area contributed by atoms with Crippen LogP contribution in [0.1, 0.15) is 36.9 Å². The quantitative estimate of drug-likeness (QED) is 0.436. The van der Waals surface area contributed by atoms with E-state index >= 15 is 0 Å². The Hall–Kier alpha value is -2.61. The van der Waals surface area contributed by atoms with E-state index in [1.165, 1.54) is 17.4 Å². The molecule has 0 bridgehead atoms. The number of pyridine rings is 1. The molecule has 32 heavy (non-hydrogen) atoms. The zero-order valence-electron chi connectivity index (χ0n) is 18.1. The van der Waals surface area contributed by atoms with Gasteiger partial charge in [-0.2, -0.15) is 0 Å². The molecule has 1 N–H and O–H groups in total. The molecule has 0 radical (unpaired) electrons. The molecule has 1 aliphatic rings. The number of nitrogens with zero attached hydrogens (tertiary/aromatic N) is 3. The summed E-state index contributed by atoms with van der Waals surface area (Å²) < 4.78 is 10.1. The van der Waals surface area contributed by atoms with Crippen molar-refractivity contribution in [2.75, 3.05) is 0 Å². The van der Waals surface area contributed by atoms with Crippen molar-refractivity contribution in [1.29, 1.82) is 0 Å². The SMILES string of the molecule is Cn1c(C2CC2C(C)(C)O)nc2ccc(-n3ccc(OCc4ccc(Cl)s4)cc3=O)cc21. The first-order chi connectivity index (χ1) is 15.2. The number of halogens is 1. The van der Waals surface area contributed by atoms with Crippen molar-refractivity contribution >= 4 is 34.0 Å². The molecule has 0 spiro atoms. The second-order valence-corrected chi connectivity index (χ2v) is 10.7. The number of ether oxygens (including phenoxy) is 1. The highest BCUT2D eigenvalue weighted by Crippen LogP contribution is 2.53. The molecule has 3 aromatic heterocycles. The maximum atomic E-state index is 12.8. The van der Waals surface area contributed by atoms with Crippen LogP contribution in [0.2, 0.25) is 4.34 Å². The number of aryl methyl sites for hydroxylation is 1. The summed E-state index contributed by atoms with van der Waals surface area (Å²) in [6.45, 7) is 4.08. The number of fused-ring (bicyclic) bond motifs is 1. The predicted octanol–water partition coefficient (Wildman–Crippen LogP) is 4.89. The van der Waals surface area contributed by atoms with Crippen molar-refractivity contribution in [2.24, 2.45) is 13.0 Å². The fourth-order valence-electron chi connectivity index (χ4n) is 4.29. The molecule has 6 nitrogen and oxygen atoms in total. The highest BCUT2D eigenvalue weighted by atomic mass is 35.5. The van der Waals surface area contributed by atoms with Gasteiger partial charge in [0.1, 0.15) is 18.2 Å². The Labute approximate surface area is 194 Å². The second kappa shape index (κ2) is 7.76. The van der Waals surface area contributed by atoms with Crippen molar-refractivity contribution in [3.05, 3.63) is 74.1 Å². The maximum Gasteiger partial charge on any atom is 0.258 e. The minimum atomic E-state index is -0.707. The lowest BCUT2D eigenvalue weighted by Crippen LogP contribution is -2.22. The molecule has 0 saturated heterocycles. The van der Waals surface area contributed by atoms with Crippen molar-refractivity contribution in [3.8, 4) is 11.4 Å². The van der Waals surface area contributed by atoms with Gasteiger partial charge in [0.05, 0.1) is 26.7 Å². The molecule has 0 aliphatic heterocycles. The smallest absolute Gasteiger partial charge is 0.258 e. The van der Waals surface area contributed by atoms with Crippen molar-refractivity contribution < 1.29 is 9.84 Å². The number of aromatic nitrogens is 3. The fraction of sp³-hybridized carbons (Fsp3) is 0.333. The molecule has 3 heterocycles. The number of aliphatic hydroxyl groups is 1. The molecule has 0 amide bonds. The molecule has 1 fully saturated rings. The van der Waals surface area contributed by atoms with Crippen molar-refractivity contribution in [3.63, 3.8) is 0 Å². The summed E-state index contributed by atoms with van der Waals surface area (Å²) in [6.07, 6.45) is 2.66. The molecule has 1 aliphatic carbocycles. The third-order valence-corrected chi connectivity index (χ3v) is 7.31. The standard InChI is InChI=1S/C24H24ClN3O3S/c1-24(2,30)18-12-17(18)23-26-19-6-4-14(10-20(19)27(23)3)28-9-8-15(11-22(28)29)31-13-16-5-7-21(25)32-16/h4-11,17-18,30H,12-13H2,1-3H3. The van der Waals surface area contributed by atoms with E-state index in [1.54, 1.807) is 16.8 Å². The van der Waals surface area contributed by atoms with Crippen LogP contribution < -0.4 is 10.3 Å². The van der Waals surface area contributed by atoms with Crippen LogP contribution in [-0.2, 0) is 13.7 Å². The first kappa shape index (κ1) is 21.2. The second-order valence-electron chi connectivity index (χ2n) is 8.87. The van der Waals surface area contributed by atoms with E-state index < -0.39 is 5.60 Å². The van der Waals surface area contributed by atoms with Gasteiger partial charge in [0.2, 0.25) is 0 Å². The summed E-state index contributed by atoms with van der Waals surface area (Å²) in [5.74, 6) is 1.98. The van der Waals surface area contributed by atoms with Gasteiger partial charge in [-0.05, 0) is 62.6 Å². The molecule has 8 heteroatoms. The molecule has 4 aromatic rings. The van der Waals surface area contributed by atoms with E-state index in [9.17, 15) is 9.90 Å². The van der Waals surface area contributed by atoms with Crippen molar-refractivity contribution in [2.45, 2.75) is 38.4 Å². The zero-order valence-corrected chi connectivity index (χ0v) is 19.7. The van der Waals surface area contributed by atoms with Gasteiger partial charge >= 0.3 is 0 Å². The van der Waals surface area contributed by atoms with Gasteiger partial charge in [0.15, 0.2) is 0 Å². The van der Waals surface area contributed by atoms with Gasteiger partial charge in [0, 0.05) is 30.1 Å². The lowest BCUT2D eigenvalue weighted by atomic mass is 10.0. The van der Waals surface area contributed by atoms with Crippen LogP contribution in [0.5, 0.6) is 5.75 Å². The Bertz CT molecular complexity index is 1370. The number of thiophene rings is 1. The summed E-state index contributed by atoms with van der Waals surface area (Å²) in [4.78, 5) is 18.6. The highest BCUT2D eigenvalue weighted by Gasteiger charge is 2.49. The predicted molar refractivity (Wildman–Crippen MR) is 127 cm³/mol. The fourth-order valence-corrected chi connectivity index (χ4v) is 5.29. The van der Waals surface area contributed by atoms with Gasteiger partial charge in [-0.15, -0.1) is 11.3 Å². The van der Waals surface area contributed by atoms with Crippen LogP contribution in [0.4, 0.5) is 0 Å². The van der Waals surface area contributed by atoms with Crippen LogP contribution in [0.15, 0.2) is 53.5 Å². The zero-order chi connectivity index (χ0) is 22.6. The first-order valence-corrected chi connectivity index (χ1v) is 11.7. The molecule has 2 atom stereocenters. The van der Waals surface area contributed by atoms with Crippen LogP contribution >= 0.6 is 22.9 Å². The van der Waals surface area contributed by atoms with Crippen LogP contribution in [0.25, 0.3) is 16.7 Å². The largest absolute Gasteiger partial charge is 0.488 e. The number of hydrogen-bond acceptors (Lipinski definition) is 5. The lowest BCUT2D eigenvalue weighted by Gasteiger charge is -2.16. The Morgan fingerprint density at radius 3 is 2.72 bits per heavy atom. The molecule has 2 unspecified atom stereocenters. The molecule has 1 aromatic carbocycles. The van der Waals surface area contributed by atoms with Crippen LogP contribution in [0.3, 0.4) is 0 Å². The number of rotatable bonds is 6. The number of imidazole rings is 1. The van der Waals surface area contributed by atoms with Crippen LogP contribution in [-0.4, -0.2) is 24.8 Å². The van der Waals surface area contributed by atoms with Crippen LogP contribution in [0, 0.1) is 5.92 Å². The molecule has 166 valence electrons. The average Bonchev–Trinajstić information content (AvgIpc) is 3.35. The van der Waals surface area contributed by atoms with Crippen molar-refractivity contribution in [1.82, 2.24) is 14.1 Å². The van der Waals surface area contributed by atoms with E-state index in [1.807, 2.05) is 51.2 Å². The van der Waals surface area contributed by atoms with E-state index in [0.717, 1.165) is 33.8 Å². The Morgan fingerprint density at radius 1 is 1.25 bits per heavy atom. The third kappa shape index (κ3) is 3.96. The summed E-state index contributed by atoms with van der Waals surface area (Å²) >= 11 is 7.41. The van der Waals surface area contributed by atoms with E-state index in [4.69, 9.17) is 21.3 Å². The molecule has 1 saturated carbocycles. The Balaban J connectivity index is 1.39. The van der Waals surface area contributed by atoms with Gasteiger partial charge < -0.3 is 14.4 Å². The molecular weight excluding hydrogens is 446 g/mol. The van der Waals surface area contributed by atoms with E-state index in [-0.39, 0.29) is 17.4 Å². The van der Waals surface area contributed by atoms with Gasteiger partial charge in [0.25, 0.3) is 5.56 Å². The van der Waals surface area contributed by atoms with E-state index in [0.29, 0.717) is 16.7 Å². The minimum absolute atomic E-state index is 0.169. The molecule has 5 rings (SSSR count). The lowest BCUT2D eigenvalue weighted by molar-refractivity contribution is 0.0542. The molecular formula is C24H24ClN3O3S. The van der Waals surface area contributed by atoms with Gasteiger partial charge in [-0.3, -0.25) is 9.36 Å². The van der Waals surface area contributed by atoms with E-state index in [2.05, 4.69) is 4.57 Å². The van der Waals surface area contributed by atoms with Gasteiger partial charge in [-0.25, -0.2) is 4.98 Å². The van der Waals surface area contributed by atoms with Gasteiger partial charge in [-0.1, -0.05) is 11.6 Å². The topological polar surface area (TPSA) is 69.3 Å². The average molecular weight is 470 g/mol. The highest BCUT2D eigenvalue weighted by molar-refractivity contribution is 7.16. The summed E-state index contributed by atoms with van der Waals surface area (Å²) in [7, 11) is 1.99. The number of hydrogen-bond donors (Lipinski definition) is 1. The number of benzene rings is 1. The third-order valence-electron chi connectivity index (χ3n) is 6.11.